The van der Waals surface area contributed by atoms with Gasteiger partial charge in [-0.25, -0.2) is 0 Å². The van der Waals surface area contributed by atoms with Crippen molar-refractivity contribution >= 4 is 29.9 Å². The third-order valence-corrected chi connectivity index (χ3v) is 4.29. The van der Waals surface area contributed by atoms with Crippen LogP contribution < -0.4 is 5.32 Å². The van der Waals surface area contributed by atoms with Crippen LogP contribution in [-0.4, -0.2) is 74.7 Å². The molecule has 1 saturated heterocycles. The number of halogens is 1. The van der Waals surface area contributed by atoms with E-state index in [1.807, 2.05) is 6.92 Å². The first-order valence-electron chi connectivity index (χ1n) is 9.09. The van der Waals surface area contributed by atoms with Crippen molar-refractivity contribution in [2.75, 3.05) is 52.6 Å². The molecule has 0 spiro atoms. The maximum atomic E-state index is 10.0. The second kappa shape index (κ2) is 12.3. The SMILES string of the molecule is CCNC(=NCC(O)COCC1CC1)N1CCC(COCC)C1.I. The zero-order valence-corrected chi connectivity index (χ0v) is 17.4. The van der Waals surface area contributed by atoms with Crippen LogP contribution in [0.4, 0.5) is 0 Å². The van der Waals surface area contributed by atoms with E-state index in [-0.39, 0.29) is 24.0 Å². The van der Waals surface area contributed by atoms with E-state index in [2.05, 4.69) is 22.1 Å². The number of nitrogens with zero attached hydrogens (tertiary/aromatic N) is 2. The lowest BCUT2D eigenvalue weighted by atomic mass is 10.1. The molecule has 0 aromatic rings. The number of nitrogens with one attached hydrogen (secondary N) is 1. The minimum absolute atomic E-state index is 0. The van der Waals surface area contributed by atoms with Crippen molar-refractivity contribution in [3.8, 4) is 0 Å². The van der Waals surface area contributed by atoms with Crippen molar-refractivity contribution in [1.29, 1.82) is 0 Å². The Bertz CT molecular complexity index is 367. The molecule has 0 aromatic carbocycles. The zero-order valence-electron chi connectivity index (χ0n) is 15.1. The largest absolute Gasteiger partial charge is 0.389 e. The Morgan fingerprint density at radius 1 is 1.21 bits per heavy atom. The molecule has 1 heterocycles. The van der Waals surface area contributed by atoms with Gasteiger partial charge in [-0.15, -0.1) is 24.0 Å². The van der Waals surface area contributed by atoms with Crippen LogP contribution in [0.15, 0.2) is 4.99 Å². The number of aliphatic hydroxyl groups excluding tert-OH is 1. The van der Waals surface area contributed by atoms with Crippen LogP contribution >= 0.6 is 24.0 Å². The second-order valence-corrected chi connectivity index (χ2v) is 6.59. The predicted molar refractivity (Wildman–Crippen MR) is 107 cm³/mol. The minimum atomic E-state index is -0.524. The van der Waals surface area contributed by atoms with Crippen molar-refractivity contribution in [2.24, 2.45) is 16.8 Å². The maximum Gasteiger partial charge on any atom is 0.194 e. The summed E-state index contributed by atoms with van der Waals surface area (Å²) < 4.78 is 11.1. The van der Waals surface area contributed by atoms with E-state index in [9.17, 15) is 5.11 Å². The summed E-state index contributed by atoms with van der Waals surface area (Å²) in [4.78, 5) is 6.85. The number of likely N-dealkylation sites (tertiary alicyclic amines) is 1. The van der Waals surface area contributed by atoms with Crippen molar-refractivity contribution in [3.63, 3.8) is 0 Å². The van der Waals surface area contributed by atoms with Gasteiger partial charge in [0.2, 0.25) is 0 Å². The zero-order chi connectivity index (χ0) is 16.5. The fourth-order valence-corrected chi connectivity index (χ4v) is 2.77. The molecule has 2 fully saturated rings. The first kappa shape index (κ1) is 21.9. The monoisotopic (exact) mass is 455 g/mol. The lowest BCUT2D eigenvalue weighted by molar-refractivity contribution is 0.0367. The molecule has 2 unspecified atom stereocenters. The van der Waals surface area contributed by atoms with Gasteiger partial charge in [0.25, 0.3) is 0 Å². The lowest BCUT2D eigenvalue weighted by Gasteiger charge is -2.22. The number of guanidine groups is 1. The van der Waals surface area contributed by atoms with Gasteiger partial charge in [-0.2, -0.15) is 0 Å². The Morgan fingerprint density at radius 2 is 1.96 bits per heavy atom. The summed E-state index contributed by atoms with van der Waals surface area (Å²) >= 11 is 0. The van der Waals surface area contributed by atoms with Crippen molar-refractivity contribution < 1.29 is 14.6 Å². The van der Waals surface area contributed by atoms with E-state index < -0.39 is 6.10 Å². The van der Waals surface area contributed by atoms with Crippen LogP contribution in [0.5, 0.6) is 0 Å². The first-order valence-corrected chi connectivity index (χ1v) is 9.09. The van der Waals surface area contributed by atoms with Crippen LogP contribution in [0, 0.1) is 11.8 Å². The van der Waals surface area contributed by atoms with Gasteiger partial charge in [0.05, 0.1) is 25.9 Å². The van der Waals surface area contributed by atoms with Gasteiger partial charge in [-0.1, -0.05) is 0 Å². The summed E-state index contributed by atoms with van der Waals surface area (Å²) in [5, 5.41) is 13.3. The third kappa shape index (κ3) is 8.31. The van der Waals surface area contributed by atoms with E-state index in [4.69, 9.17) is 9.47 Å². The Labute approximate surface area is 163 Å². The minimum Gasteiger partial charge on any atom is -0.389 e. The van der Waals surface area contributed by atoms with Crippen molar-refractivity contribution in [2.45, 2.75) is 39.2 Å². The van der Waals surface area contributed by atoms with Crippen LogP contribution in [-0.2, 0) is 9.47 Å². The number of ether oxygens (including phenoxy) is 2. The molecular formula is C17H34IN3O3. The molecule has 24 heavy (non-hydrogen) atoms. The highest BCUT2D eigenvalue weighted by Gasteiger charge is 2.25. The Kier molecular flexibility index (Phi) is 11.2. The van der Waals surface area contributed by atoms with E-state index in [0.29, 0.717) is 19.1 Å². The maximum absolute atomic E-state index is 10.0. The second-order valence-electron chi connectivity index (χ2n) is 6.59. The topological polar surface area (TPSA) is 66.3 Å². The summed E-state index contributed by atoms with van der Waals surface area (Å²) in [5.74, 6) is 2.20. The van der Waals surface area contributed by atoms with E-state index in [1.165, 1.54) is 12.8 Å². The number of rotatable bonds is 10. The number of hydrogen-bond acceptors (Lipinski definition) is 4. The average molecular weight is 455 g/mol. The van der Waals surface area contributed by atoms with Crippen LogP contribution in [0.1, 0.15) is 33.1 Å². The molecule has 6 nitrogen and oxygen atoms in total. The van der Waals surface area contributed by atoms with Crippen molar-refractivity contribution in [1.82, 2.24) is 10.2 Å². The summed E-state index contributed by atoms with van der Waals surface area (Å²) in [7, 11) is 0. The van der Waals surface area contributed by atoms with E-state index in [1.54, 1.807) is 0 Å². The first-order chi connectivity index (χ1) is 11.2. The normalized spacial score (nSPS) is 22.4. The average Bonchev–Trinajstić information content (AvgIpc) is 3.25. The Hall–Kier alpha value is -0.120. The summed E-state index contributed by atoms with van der Waals surface area (Å²) in [6.45, 7) is 10.1. The molecule has 1 saturated carbocycles. The van der Waals surface area contributed by atoms with Gasteiger partial charge in [-0.3, -0.25) is 4.99 Å². The quantitative estimate of drug-likeness (QED) is 0.298. The molecule has 0 amide bonds. The summed E-state index contributed by atoms with van der Waals surface area (Å²) in [5.41, 5.74) is 0. The number of aliphatic hydroxyl groups is 1. The van der Waals surface area contributed by atoms with Gasteiger partial charge >= 0.3 is 0 Å². The molecule has 142 valence electrons. The van der Waals surface area contributed by atoms with Gasteiger partial charge in [0, 0.05) is 38.8 Å². The number of hydrogen-bond donors (Lipinski definition) is 2. The highest BCUT2D eigenvalue weighted by atomic mass is 127. The third-order valence-electron chi connectivity index (χ3n) is 4.29. The Morgan fingerprint density at radius 3 is 2.62 bits per heavy atom. The van der Waals surface area contributed by atoms with Gasteiger partial charge in [-0.05, 0) is 39.0 Å². The van der Waals surface area contributed by atoms with Gasteiger partial charge < -0.3 is 24.8 Å². The van der Waals surface area contributed by atoms with Crippen molar-refractivity contribution in [3.05, 3.63) is 0 Å². The fourth-order valence-electron chi connectivity index (χ4n) is 2.77. The molecule has 7 heteroatoms. The molecule has 2 N–H and O–H groups in total. The molecule has 1 aliphatic heterocycles. The van der Waals surface area contributed by atoms with E-state index >= 15 is 0 Å². The standard InChI is InChI=1S/C17H33N3O3.HI/c1-3-18-17(20-8-7-15(10-20)12-22-4-2)19-9-16(21)13-23-11-14-5-6-14;/h14-16,21H,3-13H2,1-2H3,(H,18,19);1H. The lowest BCUT2D eigenvalue weighted by Crippen LogP contribution is -2.41. The molecule has 2 aliphatic rings. The van der Waals surface area contributed by atoms with Gasteiger partial charge in [0.15, 0.2) is 5.96 Å². The molecule has 2 rings (SSSR count). The Balaban J connectivity index is 0.00000288. The molecule has 0 bridgehead atoms. The number of aliphatic imine (C=N–C) groups is 1. The van der Waals surface area contributed by atoms with Crippen LogP contribution in [0.3, 0.4) is 0 Å². The fraction of sp³-hybridized carbons (Fsp3) is 0.941. The highest BCUT2D eigenvalue weighted by Crippen LogP contribution is 2.28. The van der Waals surface area contributed by atoms with E-state index in [0.717, 1.165) is 57.8 Å². The summed E-state index contributed by atoms with van der Waals surface area (Å²) in [6, 6.07) is 0. The molecule has 0 radical (unpaired) electrons. The molecule has 0 aromatic heterocycles. The smallest absolute Gasteiger partial charge is 0.194 e. The molecule has 2 atom stereocenters. The van der Waals surface area contributed by atoms with Gasteiger partial charge in [0.1, 0.15) is 0 Å². The summed E-state index contributed by atoms with van der Waals surface area (Å²) in [6.07, 6.45) is 3.16. The highest BCUT2D eigenvalue weighted by molar-refractivity contribution is 14.0. The predicted octanol–water partition coefficient (Wildman–Crippen LogP) is 1.72. The molecular weight excluding hydrogens is 421 g/mol. The van der Waals surface area contributed by atoms with Crippen LogP contribution in [0.2, 0.25) is 0 Å². The van der Waals surface area contributed by atoms with Crippen LogP contribution in [0.25, 0.3) is 0 Å². The molecule has 1 aliphatic carbocycles.